The number of carbonyl (C=O) groups is 1. The van der Waals surface area contributed by atoms with Crippen molar-refractivity contribution in [2.24, 2.45) is 5.92 Å². The highest BCUT2D eigenvalue weighted by Crippen LogP contribution is 2.34. The minimum Gasteiger partial charge on any atom is -0.493 e. The first-order valence-electron chi connectivity index (χ1n) is 8.83. The van der Waals surface area contributed by atoms with Crippen LogP contribution in [0.5, 0.6) is 11.5 Å². The maximum Gasteiger partial charge on any atom is 0.286 e. The van der Waals surface area contributed by atoms with E-state index in [0.29, 0.717) is 11.6 Å². The zero-order valence-corrected chi connectivity index (χ0v) is 15.7. The average molecular weight is 390 g/mol. The number of ether oxygens (including phenoxy) is 3. The van der Waals surface area contributed by atoms with Crippen LogP contribution in [0.2, 0.25) is 0 Å². The monoisotopic (exact) mass is 390 g/mol. The summed E-state index contributed by atoms with van der Waals surface area (Å²) in [7, 11) is 2.76. The first-order chi connectivity index (χ1) is 13.5. The number of nitro benzene ring substituents is 1. The molecule has 0 spiro atoms. The molecule has 2 heterocycles. The Morgan fingerprint density at radius 1 is 1.32 bits per heavy atom. The van der Waals surface area contributed by atoms with E-state index in [1.54, 1.807) is 10.9 Å². The molecular formula is C18H22N4O6. The Kier molecular flexibility index (Phi) is 6.09. The van der Waals surface area contributed by atoms with Crippen LogP contribution in [0.4, 0.5) is 11.4 Å². The Hall–Kier alpha value is -3.14. The van der Waals surface area contributed by atoms with Crippen LogP contribution in [0.15, 0.2) is 24.5 Å². The summed E-state index contributed by atoms with van der Waals surface area (Å²) in [5, 5.41) is 18.3. The van der Waals surface area contributed by atoms with E-state index < -0.39 is 10.8 Å². The van der Waals surface area contributed by atoms with Gasteiger partial charge in [0.2, 0.25) is 0 Å². The molecule has 10 nitrogen and oxygen atoms in total. The molecule has 1 aromatic heterocycles. The summed E-state index contributed by atoms with van der Waals surface area (Å²) in [5.41, 5.74) is -0.0364. The number of amides is 1. The molecule has 1 aromatic carbocycles. The highest BCUT2D eigenvalue weighted by Gasteiger charge is 2.25. The van der Waals surface area contributed by atoms with Crippen molar-refractivity contribution in [3.8, 4) is 11.5 Å². The van der Waals surface area contributed by atoms with Crippen LogP contribution in [0.25, 0.3) is 0 Å². The second-order valence-electron chi connectivity index (χ2n) is 6.44. The SMILES string of the molecule is COc1cc(C(=O)Nc2cnn(CC3CCOCC3)c2)c([N+](=O)[O-])cc1OC. The predicted octanol–water partition coefficient (Wildman–Crippen LogP) is 2.49. The van der Waals surface area contributed by atoms with E-state index in [4.69, 9.17) is 14.2 Å². The van der Waals surface area contributed by atoms with E-state index in [0.717, 1.165) is 32.6 Å². The second-order valence-corrected chi connectivity index (χ2v) is 6.44. The largest absolute Gasteiger partial charge is 0.493 e. The maximum absolute atomic E-state index is 12.6. The number of methoxy groups -OCH3 is 2. The molecule has 0 radical (unpaired) electrons. The van der Waals surface area contributed by atoms with Crippen molar-refractivity contribution in [1.29, 1.82) is 0 Å². The zero-order valence-electron chi connectivity index (χ0n) is 15.7. The van der Waals surface area contributed by atoms with E-state index >= 15 is 0 Å². The molecule has 1 fully saturated rings. The van der Waals surface area contributed by atoms with E-state index in [9.17, 15) is 14.9 Å². The number of nitro groups is 1. The van der Waals surface area contributed by atoms with Crippen molar-refractivity contribution in [1.82, 2.24) is 9.78 Å². The number of hydrogen-bond acceptors (Lipinski definition) is 7. The van der Waals surface area contributed by atoms with Gasteiger partial charge in [0.1, 0.15) is 5.56 Å². The van der Waals surface area contributed by atoms with Gasteiger partial charge in [-0.15, -0.1) is 0 Å². The first kappa shape index (κ1) is 19.6. The summed E-state index contributed by atoms with van der Waals surface area (Å²) in [6, 6.07) is 2.46. The maximum atomic E-state index is 12.6. The molecule has 150 valence electrons. The Balaban J connectivity index is 1.76. The lowest BCUT2D eigenvalue weighted by molar-refractivity contribution is -0.385. The molecule has 2 aromatic rings. The lowest BCUT2D eigenvalue weighted by Gasteiger charge is -2.21. The number of rotatable bonds is 7. The van der Waals surface area contributed by atoms with Gasteiger partial charge in [0.25, 0.3) is 11.6 Å². The van der Waals surface area contributed by atoms with Gasteiger partial charge in [-0.25, -0.2) is 0 Å². The molecule has 1 N–H and O–H groups in total. The van der Waals surface area contributed by atoms with Crippen LogP contribution in [-0.4, -0.2) is 48.0 Å². The predicted molar refractivity (Wildman–Crippen MR) is 99.9 cm³/mol. The molecule has 0 saturated carbocycles. The third kappa shape index (κ3) is 4.39. The van der Waals surface area contributed by atoms with Crippen LogP contribution < -0.4 is 14.8 Å². The Bertz CT molecular complexity index is 860. The van der Waals surface area contributed by atoms with Gasteiger partial charge in [-0.3, -0.25) is 19.6 Å². The summed E-state index contributed by atoms with van der Waals surface area (Å²) in [6.07, 6.45) is 5.17. The van der Waals surface area contributed by atoms with Crippen LogP contribution in [0.3, 0.4) is 0 Å². The Labute approximate surface area is 161 Å². The summed E-state index contributed by atoms with van der Waals surface area (Å²) in [6.45, 7) is 2.23. The van der Waals surface area contributed by atoms with E-state index in [1.807, 2.05) is 0 Å². The summed E-state index contributed by atoms with van der Waals surface area (Å²) in [4.78, 5) is 23.4. The molecular weight excluding hydrogens is 368 g/mol. The lowest BCUT2D eigenvalue weighted by atomic mass is 10.0. The standard InChI is InChI=1S/C18H22N4O6/c1-26-16-7-14(15(22(24)25)8-17(16)27-2)18(23)20-13-9-19-21(11-13)10-12-3-5-28-6-4-12/h7-9,11-12H,3-6,10H2,1-2H3,(H,20,23). The van der Waals surface area contributed by atoms with Crippen LogP contribution in [0, 0.1) is 16.0 Å². The highest BCUT2D eigenvalue weighted by atomic mass is 16.6. The third-order valence-corrected chi connectivity index (χ3v) is 4.62. The Morgan fingerprint density at radius 3 is 2.64 bits per heavy atom. The summed E-state index contributed by atoms with van der Waals surface area (Å²) in [5.74, 6) is 0.255. The fourth-order valence-corrected chi connectivity index (χ4v) is 3.12. The molecule has 0 aliphatic carbocycles. The second kappa shape index (κ2) is 8.70. The van der Waals surface area contributed by atoms with Crippen molar-refractivity contribution >= 4 is 17.3 Å². The highest BCUT2D eigenvalue weighted by molar-refractivity contribution is 6.07. The van der Waals surface area contributed by atoms with Crippen molar-refractivity contribution in [3.05, 3.63) is 40.2 Å². The van der Waals surface area contributed by atoms with E-state index in [1.165, 1.54) is 32.5 Å². The number of nitrogens with zero attached hydrogens (tertiary/aromatic N) is 3. The molecule has 1 saturated heterocycles. The fraction of sp³-hybridized carbons (Fsp3) is 0.444. The van der Waals surface area contributed by atoms with E-state index in [2.05, 4.69) is 10.4 Å². The molecule has 0 bridgehead atoms. The molecule has 10 heteroatoms. The number of anilines is 1. The Morgan fingerprint density at radius 2 is 2.00 bits per heavy atom. The smallest absolute Gasteiger partial charge is 0.286 e. The minimum absolute atomic E-state index is 0.125. The van der Waals surface area contributed by atoms with E-state index in [-0.39, 0.29) is 22.7 Å². The van der Waals surface area contributed by atoms with Crippen LogP contribution >= 0.6 is 0 Å². The number of nitrogens with one attached hydrogen (secondary N) is 1. The first-order valence-corrected chi connectivity index (χ1v) is 8.83. The van der Waals surface area contributed by atoms with Gasteiger partial charge in [0.15, 0.2) is 11.5 Å². The van der Waals surface area contributed by atoms with Gasteiger partial charge in [0.05, 0.1) is 37.1 Å². The molecule has 1 aliphatic rings. The average Bonchev–Trinajstić information content (AvgIpc) is 3.14. The quantitative estimate of drug-likeness (QED) is 0.570. The van der Waals surface area contributed by atoms with Gasteiger partial charge in [0, 0.05) is 32.0 Å². The van der Waals surface area contributed by atoms with Crippen LogP contribution in [0.1, 0.15) is 23.2 Å². The topological polar surface area (TPSA) is 118 Å². The minimum atomic E-state index is -0.633. The van der Waals surface area contributed by atoms with Gasteiger partial charge >= 0.3 is 0 Å². The van der Waals surface area contributed by atoms with Crippen LogP contribution in [-0.2, 0) is 11.3 Å². The van der Waals surface area contributed by atoms with Crippen molar-refractivity contribution < 1.29 is 23.9 Å². The van der Waals surface area contributed by atoms with Crippen molar-refractivity contribution in [2.45, 2.75) is 19.4 Å². The van der Waals surface area contributed by atoms with Crippen molar-refractivity contribution in [3.63, 3.8) is 0 Å². The molecule has 0 atom stereocenters. The van der Waals surface area contributed by atoms with Gasteiger partial charge in [-0.05, 0) is 18.8 Å². The van der Waals surface area contributed by atoms with Gasteiger partial charge in [-0.2, -0.15) is 5.10 Å². The molecule has 1 aliphatic heterocycles. The van der Waals surface area contributed by atoms with Gasteiger partial charge < -0.3 is 19.5 Å². The number of carbonyl (C=O) groups excluding carboxylic acids is 1. The third-order valence-electron chi connectivity index (χ3n) is 4.62. The molecule has 28 heavy (non-hydrogen) atoms. The summed E-state index contributed by atoms with van der Waals surface area (Å²) >= 11 is 0. The number of hydrogen-bond donors (Lipinski definition) is 1. The van der Waals surface area contributed by atoms with Gasteiger partial charge in [-0.1, -0.05) is 0 Å². The molecule has 0 unspecified atom stereocenters. The number of aromatic nitrogens is 2. The van der Waals surface area contributed by atoms with Crippen molar-refractivity contribution in [2.75, 3.05) is 32.8 Å². The summed E-state index contributed by atoms with van der Waals surface area (Å²) < 4.78 is 17.3. The fourth-order valence-electron chi connectivity index (χ4n) is 3.12. The lowest BCUT2D eigenvalue weighted by Crippen LogP contribution is -2.20. The normalized spacial score (nSPS) is 14.5. The molecule has 3 rings (SSSR count). The zero-order chi connectivity index (χ0) is 20.1. The molecule has 1 amide bonds. The number of benzene rings is 1.